The van der Waals surface area contributed by atoms with Crippen molar-refractivity contribution in [3.05, 3.63) is 18.1 Å². The number of carbonyl (C=O) groups is 1. The van der Waals surface area contributed by atoms with Gasteiger partial charge in [0.25, 0.3) is 5.91 Å². The Labute approximate surface area is 94.5 Å². The van der Waals surface area contributed by atoms with Gasteiger partial charge in [-0.05, 0) is 24.7 Å². The fraction of sp³-hybridized carbons (Fsp3) is 0.545. The third-order valence-corrected chi connectivity index (χ3v) is 3.24. The Balaban J connectivity index is 1.99. The lowest BCUT2D eigenvalue weighted by Gasteiger charge is -2.13. The zero-order valence-electron chi connectivity index (χ0n) is 9.36. The summed E-state index contributed by atoms with van der Waals surface area (Å²) in [6.07, 6.45) is 6.68. The van der Waals surface area contributed by atoms with Crippen molar-refractivity contribution in [2.45, 2.75) is 26.2 Å². The molecule has 1 saturated carbocycles. The normalized spacial score (nSPS) is 16.8. The van der Waals surface area contributed by atoms with Crippen LogP contribution < -0.4 is 11.1 Å². The minimum atomic E-state index is -0.548. The van der Waals surface area contributed by atoms with Gasteiger partial charge in [0.15, 0.2) is 0 Å². The smallest absolute Gasteiger partial charge is 0.268 e. The highest BCUT2D eigenvalue weighted by Gasteiger charge is 2.40. The summed E-state index contributed by atoms with van der Waals surface area (Å²) in [5, 5.41) is 3.21. The van der Waals surface area contributed by atoms with Crippen LogP contribution in [0.25, 0.3) is 0 Å². The zero-order valence-corrected chi connectivity index (χ0v) is 9.36. The highest BCUT2D eigenvalue weighted by Crippen LogP contribution is 2.48. The van der Waals surface area contributed by atoms with Gasteiger partial charge in [0, 0.05) is 6.54 Å². The molecule has 1 amide bonds. The molecular formula is C11H16N4O. The highest BCUT2D eigenvalue weighted by molar-refractivity contribution is 5.90. The summed E-state index contributed by atoms with van der Waals surface area (Å²) in [5.41, 5.74) is 5.77. The molecule has 1 fully saturated rings. The highest BCUT2D eigenvalue weighted by atomic mass is 16.1. The van der Waals surface area contributed by atoms with Crippen LogP contribution in [0.2, 0.25) is 0 Å². The first-order valence-corrected chi connectivity index (χ1v) is 5.51. The number of aromatic nitrogens is 2. The molecule has 0 aliphatic heterocycles. The van der Waals surface area contributed by atoms with Gasteiger partial charge >= 0.3 is 0 Å². The summed E-state index contributed by atoms with van der Waals surface area (Å²) in [6.45, 7) is 3.08. The quantitative estimate of drug-likeness (QED) is 0.780. The third-order valence-electron chi connectivity index (χ3n) is 3.24. The van der Waals surface area contributed by atoms with E-state index in [2.05, 4.69) is 22.2 Å². The van der Waals surface area contributed by atoms with Gasteiger partial charge in [-0.25, -0.2) is 4.98 Å². The third kappa shape index (κ3) is 2.29. The molecule has 0 saturated heterocycles. The zero-order chi connectivity index (χ0) is 11.6. The maximum absolute atomic E-state index is 10.9. The first-order chi connectivity index (χ1) is 7.65. The summed E-state index contributed by atoms with van der Waals surface area (Å²) < 4.78 is 0. The number of primary amides is 1. The number of nitrogens with two attached hydrogens (primary N) is 1. The van der Waals surface area contributed by atoms with E-state index in [9.17, 15) is 4.79 Å². The van der Waals surface area contributed by atoms with E-state index in [1.807, 2.05) is 0 Å². The van der Waals surface area contributed by atoms with E-state index in [-0.39, 0.29) is 5.69 Å². The van der Waals surface area contributed by atoms with E-state index in [1.165, 1.54) is 25.5 Å². The molecule has 2 rings (SSSR count). The van der Waals surface area contributed by atoms with Crippen LogP contribution >= 0.6 is 0 Å². The van der Waals surface area contributed by atoms with Gasteiger partial charge in [-0.15, -0.1) is 0 Å². The Morgan fingerprint density at radius 2 is 2.31 bits per heavy atom. The van der Waals surface area contributed by atoms with Crippen LogP contribution in [-0.4, -0.2) is 22.4 Å². The van der Waals surface area contributed by atoms with E-state index < -0.39 is 5.91 Å². The van der Waals surface area contributed by atoms with Crippen LogP contribution in [0, 0.1) is 5.41 Å². The van der Waals surface area contributed by atoms with Gasteiger partial charge in [0.1, 0.15) is 11.5 Å². The lowest BCUT2D eigenvalue weighted by Crippen LogP contribution is -2.18. The topological polar surface area (TPSA) is 80.9 Å². The molecule has 5 heteroatoms. The molecule has 0 bridgehead atoms. The molecule has 1 aliphatic carbocycles. The summed E-state index contributed by atoms with van der Waals surface area (Å²) in [5.74, 6) is 0.0730. The van der Waals surface area contributed by atoms with E-state index in [0.29, 0.717) is 11.2 Å². The maximum atomic E-state index is 10.9. The number of carbonyl (C=O) groups excluding carboxylic acids is 1. The van der Waals surface area contributed by atoms with Gasteiger partial charge in [-0.3, -0.25) is 9.78 Å². The molecule has 16 heavy (non-hydrogen) atoms. The average molecular weight is 220 g/mol. The Kier molecular flexibility index (Phi) is 2.77. The van der Waals surface area contributed by atoms with E-state index in [4.69, 9.17) is 5.73 Å². The number of nitrogens with zero attached hydrogens (tertiary/aromatic N) is 2. The van der Waals surface area contributed by atoms with Crippen LogP contribution in [0.5, 0.6) is 0 Å². The van der Waals surface area contributed by atoms with Crippen molar-refractivity contribution >= 4 is 11.7 Å². The van der Waals surface area contributed by atoms with E-state index in [1.54, 1.807) is 6.20 Å². The molecule has 1 heterocycles. The molecule has 1 aliphatic rings. The largest absolute Gasteiger partial charge is 0.368 e. The lowest BCUT2D eigenvalue weighted by atomic mass is 10.0. The minimum absolute atomic E-state index is 0.200. The van der Waals surface area contributed by atoms with Crippen LogP contribution in [0.3, 0.4) is 0 Å². The molecule has 86 valence electrons. The van der Waals surface area contributed by atoms with Crippen molar-refractivity contribution in [3.8, 4) is 0 Å². The number of anilines is 1. The van der Waals surface area contributed by atoms with Crippen molar-refractivity contribution in [2.75, 3.05) is 11.9 Å². The van der Waals surface area contributed by atoms with Crippen molar-refractivity contribution in [1.29, 1.82) is 0 Å². The summed E-state index contributed by atoms with van der Waals surface area (Å²) in [7, 11) is 0. The fourth-order valence-electron chi connectivity index (χ4n) is 1.68. The van der Waals surface area contributed by atoms with E-state index >= 15 is 0 Å². The Morgan fingerprint density at radius 3 is 2.88 bits per heavy atom. The average Bonchev–Trinajstić information content (AvgIpc) is 3.07. The fourth-order valence-corrected chi connectivity index (χ4v) is 1.68. The molecule has 1 aromatic heterocycles. The Morgan fingerprint density at radius 1 is 1.56 bits per heavy atom. The first kappa shape index (κ1) is 10.9. The number of hydrogen-bond donors (Lipinski definition) is 2. The van der Waals surface area contributed by atoms with Gasteiger partial charge < -0.3 is 11.1 Å². The second-order valence-electron chi connectivity index (χ2n) is 4.36. The van der Waals surface area contributed by atoms with Crippen LogP contribution in [0.4, 0.5) is 5.82 Å². The molecule has 0 aromatic carbocycles. The maximum Gasteiger partial charge on any atom is 0.268 e. The van der Waals surface area contributed by atoms with Crippen molar-refractivity contribution in [3.63, 3.8) is 0 Å². The van der Waals surface area contributed by atoms with Crippen molar-refractivity contribution in [1.82, 2.24) is 9.97 Å². The van der Waals surface area contributed by atoms with Crippen molar-refractivity contribution in [2.24, 2.45) is 11.1 Å². The molecule has 0 unspecified atom stereocenters. The molecule has 0 atom stereocenters. The summed E-state index contributed by atoms with van der Waals surface area (Å²) in [4.78, 5) is 18.9. The van der Waals surface area contributed by atoms with Crippen molar-refractivity contribution < 1.29 is 4.79 Å². The standard InChI is InChI=1S/C11H16N4O/c1-2-11(3-4-11)7-14-9-6-13-5-8(15-9)10(12)16/h5-6H,2-4,7H2,1H3,(H2,12,16)(H,14,15). The predicted octanol–water partition coefficient (Wildman–Crippen LogP) is 1.18. The molecule has 0 spiro atoms. The number of hydrogen-bond acceptors (Lipinski definition) is 4. The molecule has 5 nitrogen and oxygen atoms in total. The van der Waals surface area contributed by atoms with Crippen LogP contribution in [0.1, 0.15) is 36.7 Å². The van der Waals surface area contributed by atoms with Gasteiger partial charge in [0.2, 0.25) is 0 Å². The minimum Gasteiger partial charge on any atom is -0.368 e. The van der Waals surface area contributed by atoms with Crippen LogP contribution in [0.15, 0.2) is 12.4 Å². The Bertz CT molecular complexity index is 401. The number of rotatable bonds is 5. The second kappa shape index (κ2) is 4.08. The van der Waals surface area contributed by atoms with E-state index in [0.717, 1.165) is 6.54 Å². The van der Waals surface area contributed by atoms with Gasteiger partial charge in [0.05, 0.1) is 12.4 Å². The van der Waals surface area contributed by atoms with Crippen LogP contribution in [-0.2, 0) is 0 Å². The Hall–Kier alpha value is -1.65. The second-order valence-corrected chi connectivity index (χ2v) is 4.36. The molecular weight excluding hydrogens is 204 g/mol. The molecule has 3 N–H and O–H groups in total. The molecule has 0 radical (unpaired) electrons. The number of nitrogens with one attached hydrogen (secondary N) is 1. The van der Waals surface area contributed by atoms with Gasteiger partial charge in [-0.1, -0.05) is 6.92 Å². The summed E-state index contributed by atoms with van der Waals surface area (Å²) in [6, 6.07) is 0. The molecule has 1 aromatic rings. The number of amides is 1. The first-order valence-electron chi connectivity index (χ1n) is 5.51. The predicted molar refractivity (Wildman–Crippen MR) is 61.0 cm³/mol. The lowest BCUT2D eigenvalue weighted by molar-refractivity contribution is 0.0995. The van der Waals surface area contributed by atoms with Gasteiger partial charge in [-0.2, -0.15) is 0 Å². The SMILES string of the molecule is CCC1(CNc2cncc(C(N)=O)n2)CC1. The monoisotopic (exact) mass is 220 g/mol. The summed E-state index contributed by atoms with van der Waals surface area (Å²) >= 11 is 0.